The van der Waals surface area contributed by atoms with Gasteiger partial charge in [-0.3, -0.25) is 33.9 Å². The van der Waals surface area contributed by atoms with Crippen LogP contribution in [0.15, 0.2) is 60.8 Å². The molecule has 19 rings (SSSR count). The van der Waals surface area contributed by atoms with Crippen LogP contribution in [0.4, 0.5) is 0 Å². The molecule has 4 heterocycles. The predicted octanol–water partition coefficient (Wildman–Crippen LogP) is 24.5. The maximum Gasteiger partial charge on any atom is 0.302 e. The van der Waals surface area contributed by atoms with Crippen molar-refractivity contribution in [2.45, 2.75) is 437 Å². The SMILES string of the molecule is C1CCNCC1.C=C1CC[C@H]2[C@H](O)[C@@H]([C@@]3(C)CC[C@H](O)C[C@@H]3CCN3CCOCC3)CC[C@]12C.C=C1CC[C@H]2[C@H](OC(C)=O)[C@@H]([C@@]3(C)CC[C@H](C)C[C@@H]3CC=O)CC[C@]12C.C=C1CC[C@H]2[C@H](OC(C)=O)[C@@H]([C@@]3(C)CC[C@H](C)C[C@@H]3CCN3CCOCC3)CC[C@]12C.C=C1CC[C@H]2[C@H](OC(C)=O)[C@@H]([C@@]3(C)CC[C@H](C)C[C@@H]3CCO)CC[C@]12C.C=C1CC[C@H]2[C@H](OC(C)=O)[C@@H]([C@@]3(C)CC[C@H](O)C[C@@H]3CCN3CCOCC3)CC[C@]12C. The third kappa shape index (κ3) is 26.2. The summed E-state index contributed by atoms with van der Waals surface area (Å²) in [6.45, 7) is 76.6. The number of rotatable bonds is 22. The average molecular weight is 2070 g/mol. The van der Waals surface area contributed by atoms with Crippen LogP contribution in [-0.4, -0.2) is 226 Å². The van der Waals surface area contributed by atoms with E-state index in [1.807, 2.05) is 0 Å². The number of hydrogen-bond acceptors (Lipinski definition) is 20. The van der Waals surface area contributed by atoms with Crippen LogP contribution in [0.1, 0.15) is 394 Å². The maximum atomic E-state index is 12.2. The van der Waals surface area contributed by atoms with Crippen molar-refractivity contribution in [2.24, 2.45) is 161 Å². The summed E-state index contributed by atoms with van der Waals surface area (Å²) in [5.41, 5.74) is 8.14. The molecule has 0 amide bonds. The number of ether oxygens (including phenoxy) is 7. The van der Waals surface area contributed by atoms with E-state index in [0.29, 0.717) is 101 Å². The van der Waals surface area contributed by atoms with Gasteiger partial charge in [-0.1, -0.05) is 176 Å². The van der Waals surface area contributed by atoms with Crippen LogP contribution in [-0.2, 0) is 57.1 Å². The largest absolute Gasteiger partial charge is 0.462 e. The summed E-state index contributed by atoms with van der Waals surface area (Å²) in [4.78, 5) is 67.4. The van der Waals surface area contributed by atoms with Gasteiger partial charge >= 0.3 is 23.9 Å². The van der Waals surface area contributed by atoms with Gasteiger partial charge in [-0.05, 0) is 390 Å². The van der Waals surface area contributed by atoms with E-state index in [2.05, 4.69) is 143 Å². The number of carbonyl (C=O) groups excluding carboxylic acids is 5. The average Bonchev–Trinajstić information content (AvgIpc) is 1.49. The number of aliphatic hydroxyl groups is 4. The highest BCUT2D eigenvalue weighted by atomic mass is 16.6. The Hall–Kier alpha value is -4.19. The molecule has 0 unspecified atom stereocenters. The van der Waals surface area contributed by atoms with Crippen LogP contribution in [0.3, 0.4) is 0 Å². The molecule has 148 heavy (non-hydrogen) atoms. The van der Waals surface area contributed by atoms with Gasteiger partial charge in [0.05, 0.1) is 58.0 Å². The van der Waals surface area contributed by atoms with Crippen molar-refractivity contribution in [3.8, 4) is 0 Å². The summed E-state index contributed by atoms with van der Waals surface area (Å²) in [6, 6.07) is 0. The molecule has 0 bridgehead atoms. The topological polar surface area (TPSA) is 253 Å². The fourth-order valence-electron chi connectivity index (χ4n) is 36.8. The fraction of sp³-hybridized carbons (Fsp3) is 0.883. The Labute approximate surface area is 898 Å². The number of morpholine rings is 3. The summed E-state index contributed by atoms with van der Waals surface area (Å²) in [7, 11) is 0. The van der Waals surface area contributed by atoms with Gasteiger partial charge in [0.25, 0.3) is 0 Å². The lowest BCUT2D eigenvalue weighted by Gasteiger charge is -2.56. The quantitative estimate of drug-likeness (QED) is 0.0292. The molecule has 4 saturated heterocycles. The minimum Gasteiger partial charge on any atom is -0.462 e. The highest BCUT2D eigenvalue weighted by Crippen LogP contribution is 2.70. The molecular formula is C128H214N4O16. The number of allylic oxidation sites excluding steroid dienone is 5. The van der Waals surface area contributed by atoms with E-state index >= 15 is 0 Å². The lowest BCUT2D eigenvalue weighted by Crippen LogP contribution is -2.54. The summed E-state index contributed by atoms with van der Waals surface area (Å²) < 4.78 is 41.0. The first kappa shape index (κ1) is 119. The summed E-state index contributed by atoms with van der Waals surface area (Å²) in [6.07, 6.45) is 48.6. The highest BCUT2D eigenvalue weighted by Gasteiger charge is 2.65. The van der Waals surface area contributed by atoms with E-state index in [4.69, 9.17) is 33.2 Å². The normalized spacial score (nSPS) is 44.7. The Morgan fingerprint density at radius 2 is 0.595 bits per heavy atom. The number of piperidine rings is 1. The zero-order chi connectivity index (χ0) is 107. The third-order valence-electron chi connectivity index (χ3n) is 47.4. The first-order valence-corrected chi connectivity index (χ1v) is 61.1. The second-order valence-electron chi connectivity index (χ2n) is 55.3. The molecule has 4 aliphatic heterocycles. The van der Waals surface area contributed by atoms with Gasteiger partial charge in [-0.15, -0.1) is 0 Å². The van der Waals surface area contributed by atoms with E-state index < -0.39 is 0 Å². The van der Waals surface area contributed by atoms with Crippen LogP contribution in [0.5, 0.6) is 0 Å². The predicted molar refractivity (Wildman–Crippen MR) is 593 cm³/mol. The van der Waals surface area contributed by atoms with Crippen molar-refractivity contribution in [3.63, 3.8) is 0 Å². The van der Waals surface area contributed by atoms with Gasteiger partial charge in [-0.2, -0.15) is 0 Å². The summed E-state index contributed by atoms with van der Waals surface area (Å²) in [5.74, 6) is 8.17. The van der Waals surface area contributed by atoms with Gasteiger partial charge in [0, 0.05) is 127 Å². The number of nitrogens with zero attached hydrogens (tertiary/aromatic N) is 3. The molecule has 20 heteroatoms. The Bertz CT molecular complexity index is 4270. The Morgan fingerprint density at radius 1 is 0.338 bits per heavy atom. The van der Waals surface area contributed by atoms with Crippen molar-refractivity contribution in [2.75, 3.05) is 118 Å². The van der Waals surface area contributed by atoms with E-state index in [1.54, 1.807) is 27.7 Å². The smallest absolute Gasteiger partial charge is 0.302 e. The number of esters is 4. The molecule has 0 aromatic heterocycles. The first-order valence-electron chi connectivity index (χ1n) is 61.1. The molecule has 19 aliphatic rings. The van der Waals surface area contributed by atoms with Gasteiger partial charge in [0.15, 0.2) is 0 Å². The molecule has 5 N–H and O–H groups in total. The standard InChI is InChI=1S/C27H45NO3.C26H43NO4.C24H41NO3.C23H38O3.C23H36O3.C5H11N/c1-19-8-11-27(5,22(18-19)10-13-28-14-16-30-17-15-28)24-9-12-26(4)20(2)6-7-23(26)25(24)31-21(3)29;1-18-5-6-22-24(31-19(2)28)23(8-11-25(18,22)3)26(4)10-7-21(29)17-20(26)9-12-27-13-15-30-16-14-27;1-17-4-5-20-22(27)21(7-10-23(17,20)2)24(3)9-6-19(26)16-18(24)8-11-25-12-14-28-15-13-25;2*1-15-8-11-23(5,18(14-15)10-13-24)20-9-12-22(4)16(2)6-7-19(22)21(20)26-17(3)25;1-2-4-6-5-3-1/h19,22-25H,2,6-18H2,1,3-5H3;20-24,29H,1,5-17H2,2-4H3;18-22,26-27H,1,4-16H2,2-3H3;15,18-21,24H,2,6-14H2,1,3-5H3;13,15,18-21H,2,6-12,14H2,1,3-5H3;6H,1-5H2/t19-,22-,23-,24-,25-,26+,27-;20-,21-,22-,23-,24-,25+,26-;18-,19-,20-,21-,22-,23+,24-;2*15-,18-,19-,20-,21-,22+,23-;/m00000./s1. The monoisotopic (exact) mass is 2060 g/mol. The van der Waals surface area contributed by atoms with Crippen molar-refractivity contribution < 1.29 is 77.6 Å². The van der Waals surface area contributed by atoms with Crippen molar-refractivity contribution in [3.05, 3.63) is 60.8 Å². The van der Waals surface area contributed by atoms with Gasteiger partial charge in [0.2, 0.25) is 0 Å². The molecule has 19 fully saturated rings. The number of aldehydes is 1. The van der Waals surface area contributed by atoms with Gasteiger partial charge in [-0.25, -0.2) is 0 Å². The van der Waals surface area contributed by atoms with Crippen molar-refractivity contribution in [1.82, 2.24) is 20.0 Å². The Balaban J connectivity index is 0.000000144. The molecule has 0 radical (unpaired) electrons. The van der Waals surface area contributed by atoms with Gasteiger partial charge in [0.1, 0.15) is 30.7 Å². The van der Waals surface area contributed by atoms with E-state index in [1.165, 1.54) is 137 Å². The lowest BCUT2D eigenvalue weighted by molar-refractivity contribution is -0.174. The Kier molecular flexibility index (Phi) is 41.3. The van der Waals surface area contributed by atoms with Crippen LogP contribution < -0.4 is 5.32 Å². The van der Waals surface area contributed by atoms with Crippen molar-refractivity contribution >= 4 is 30.2 Å². The number of carbonyl (C=O) groups is 5. The lowest BCUT2D eigenvalue weighted by atomic mass is 9.50. The molecule has 20 nitrogen and oxygen atoms in total. The van der Waals surface area contributed by atoms with Crippen LogP contribution >= 0.6 is 0 Å². The zero-order valence-electron chi connectivity index (χ0n) is 96.7. The highest BCUT2D eigenvalue weighted by molar-refractivity contribution is 5.67. The van der Waals surface area contributed by atoms with Crippen LogP contribution in [0, 0.1) is 161 Å². The van der Waals surface area contributed by atoms with E-state index in [9.17, 15) is 44.4 Å². The molecule has 0 aromatic rings. The minimum absolute atomic E-state index is 0.00472. The number of fused-ring (bicyclic) bond motifs is 5. The van der Waals surface area contributed by atoms with E-state index in [0.717, 1.165) is 290 Å². The second-order valence-corrected chi connectivity index (χ2v) is 55.3. The van der Waals surface area contributed by atoms with E-state index in [-0.39, 0.29) is 127 Å². The third-order valence-corrected chi connectivity index (χ3v) is 47.4. The van der Waals surface area contributed by atoms with Crippen LogP contribution in [0.2, 0.25) is 0 Å². The number of aliphatic hydroxyl groups excluding tert-OH is 4. The van der Waals surface area contributed by atoms with Gasteiger partial charge < -0.3 is 63.7 Å². The number of hydrogen-bond donors (Lipinski definition) is 5. The molecular weight excluding hydrogens is 1850 g/mol. The minimum atomic E-state index is -0.218. The second kappa shape index (κ2) is 51.2. The molecule has 0 spiro atoms. The number of nitrogens with one attached hydrogen (secondary N) is 1. The summed E-state index contributed by atoms with van der Waals surface area (Å²) >= 11 is 0. The Morgan fingerprint density at radius 3 is 0.872 bits per heavy atom. The maximum absolute atomic E-state index is 12.2. The molecule has 35 atom stereocenters. The summed E-state index contributed by atoms with van der Waals surface area (Å²) in [5, 5.41) is 45.5. The molecule has 15 saturated carbocycles. The van der Waals surface area contributed by atoms with Crippen molar-refractivity contribution in [1.29, 1.82) is 0 Å². The fourth-order valence-corrected chi connectivity index (χ4v) is 36.8. The molecule has 842 valence electrons. The molecule has 15 aliphatic carbocycles. The zero-order valence-corrected chi connectivity index (χ0v) is 96.7. The van der Waals surface area contributed by atoms with Crippen LogP contribution in [0.25, 0.3) is 0 Å². The molecule has 0 aromatic carbocycles. The first-order chi connectivity index (χ1) is 70.3.